The molecule has 0 spiro atoms. The molecule has 0 amide bonds. The fourth-order valence-corrected chi connectivity index (χ4v) is 2.92. The summed E-state index contributed by atoms with van der Waals surface area (Å²) in [6.07, 6.45) is 4.18. The quantitative estimate of drug-likeness (QED) is 0.563. The lowest BCUT2D eigenvalue weighted by molar-refractivity contribution is -0.137. The Hall–Kier alpha value is -0.660. The van der Waals surface area contributed by atoms with E-state index in [0.717, 1.165) is 25.7 Å². The molecule has 0 aromatic heterocycles. The van der Waals surface area contributed by atoms with E-state index in [2.05, 4.69) is 9.44 Å². The van der Waals surface area contributed by atoms with Gasteiger partial charge in [-0.1, -0.05) is 12.8 Å². The minimum atomic E-state index is -3.46. The van der Waals surface area contributed by atoms with Gasteiger partial charge in [0, 0.05) is 19.0 Å². The van der Waals surface area contributed by atoms with E-state index in [1.54, 1.807) is 0 Å². The molecule has 7 heteroatoms. The largest absolute Gasteiger partial charge is 0.481 e. The minimum absolute atomic E-state index is 0.0219. The van der Waals surface area contributed by atoms with Crippen molar-refractivity contribution in [1.29, 1.82) is 0 Å². The van der Waals surface area contributed by atoms with Crippen LogP contribution in [-0.4, -0.2) is 32.1 Å². The third-order valence-corrected chi connectivity index (χ3v) is 3.76. The predicted octanol–water partition coefficient (Wildman–Crippen LogP) is 0.218. The third-order valence-electron chi connectivity index (χ3n) is 2.54. The van der Waals surface area contributed by atoms with Crippen molar-refractivity contribution in [3.8, 4) is 0 Å². The molecule has 16 heavy (non-hydrogen) atoms. The summed E-state index contributed by atoms with van der Waals surface area (Å²) >= 11 is 0. The lowest BCUT2D eigenvalue weighted by Crippen LogP contribution is -2.41. The van der Waals surface area contributed by atoms with Crippen LogP contribution in [0.4, 0.5) is 0 Å². The third kappa shape index (κ3) is 5.43. The van der Waals surface area contributed by atoms with E-state index >= 15 is 0 Å². The first-order valence-electron chi connectivity index (χ1n) is 5.48. The van der Waals surface area contributed by atoms with Crippen molar-refractivity contribution in [2.24, 2.45) is 0 Å². The molecule has 0 bridgehead atoms. The van der Waals surface area contributed by atoms with Gasteiger partial charge in [0.15, 0.2) is 0 Å². The average Bonchev–Trinajstić information content (AvgIpc) is 2.64. The van der Waals surface area contributed by atoms with Crippen LogP contribution in [0.3, 0.4) is 0 Å². The first kappa shape index (κ1) is 13.4. The molecule has 1 saturated carbocycles. The maximum atomic E-state index is 11.5. The molecular weight excluding hydrogens is 232 g/mol. The predicted molar refractivity (Wildman–Crippen MR) is 59.2 cm³/mol. The summed E-state index contributed by atoms with van der Waals surface area (Å²) in [5.41, 5.74) is 0. The summed E-state index contributed by atoms with van der Waals surface area (Å²) in [6.45, 7) is 0.161. The molecule has 1 aliphatic carbocycles. The summed E-state index contributed by atoms with van der Waals surface area (Å²) in [7, 11) is -3.46. The lowest BCUT2D eigenvalue weighted by Gasteiger charge is -2.12. The second-order valence-electron chi connectivity index (χ2n) is 3.99. The summed E-state index contributed by atoms with van der Waals surface area (Å²) in [4.78, 5) is 10.2. The summed E-state index contributed by atoms with van der Waals surface area (Å²) < 4.78 is 27.8. The Balaban J connectivity index is 2.20. The van der Waals surface area contributed by atoms with E-state index < -0.39 is 16.2 Å². The molecule has 0 atom stereocenters. The number of aliphatic carboxylic acids is 1. The van der Waals surface area contributed by atoms with E-state index in [0.29, 0.717) is 6.42 Å². The summed E-state index contributed by atoms with van der Waals surface area (Å²) in [6, 6.07) is 0.0389. The average molecular weight is 250 g/mol. The summed E-state index contributed by atoms with van der Waals surface area (Å²) in [5.74, 6) is -0.914. The monoisotopic (exact) mass is 250 g/mol. The maximum absolute atomic E-state index is 11.5. The Morgan fingerprint density at radius 1 is 1.31 bits per heavy atom. The highest BCUT2D eigenvalue weighted by Gasteiger charge is 2.20. The molecule has 0 heterocycles. The molecule has 0 radical (unpaired) electrons. The van der Waals surface area contributed by atoms with Crippen molar-refractivity contribution in [1.82, 2.24) is 9.44 Å². The van der Waals surface area contributed by atoms with Crippen LogP contribution in [0, 0.1) is 0 Å². The molecule has 94 valence electrons. The second-order valence-corrected chi connectivity index (χ2v) is 5.53. The zero-order valence-electron chi connectivity index (χ0n) is 9.11. The topological polar surface area (TPSA) is 95.5 Å². The zero-order valence-corrected chi connectivity index (χ0v) is 9.92. The molecule has 1 aliphatic rings. The fraction of sp³-hybridized carbons (Fsp3) is 0.889. The van der Waals surface area contributed by atoms with Crippen molar-refractivity contribution in [3.63, 3.8) is 0 Å². The Morgan fingerprint density at radius 2 is 1.94 bits per heavy atom. The first-order chi connectivity index (χ1) is 7.49. The number of carboxylic acid groups (broad SMARTS) is 1. The van der Waals surface area contributed by atoms with Gasteiger partial charge in [-0.2, -0.15) is 13.1 Å². The van der Waals surface area contributed by atoms with Crippen LogP contribution in [0.5, 0.6) is 0 Å². The molecule has 1 fully saturated rings. The van der Waals surface area contributed by atoms with Crippen molar-refractivity contribution in [2.45, 2.75) is 44.6 Å². The second kappa shape index (κ2) is 6.17. The number of carboxylic acids is 1. The van der Waals surface area contributed by atoms with Crippen LogP contribution in [0.1, 0.15) is 38.5 Å². The Morgan fingerprint density at radius 3 is 2.50 bits per heavy atom. The number of rotatable bonds is 7. The van der Waals surface area contributed by atoms with Gasteiger partial charge in [-0.15, -0.1) is 0 Å². The molecule has 0 aromatic rings. The maximum Gasteiger partial charge on any atom is 0.303 e. The van der Waals surface area contributed by atoms with Gasteiger partial charge >= 0.3 is 5.97 Å². The van der Waals surface area contributed by atoms with Crippen molar-refractivity contribution >= 4 is 16.2 Å². The summed E-state index contributed by atoms with van der Waals surface area (Å²) in [5, 5.41) is 8.38. The van der Waals surface area contributed by atoms with E-state index in [-0.39, 0.29) is 19.0 Å². The van der Waals surface area contributed by atoms with Crippen LogP contribution in [0.25, 0.3) is 0 Å². The normalized spacial score (nSPS) is 17.8. The standard InChI is InChI=1S/C9H18N2O4S/c12-9(13)6-3-7-10-16(14,15)11-8-4-1-2-5-8/h8,10-11H,1-7H2,(H,12,13). The van der Waals surface area contributed by atoms with E-state index in [1.807, 2.05) is 0 Å². The first-order valence-corrected chi connectivity index (χ1v) is 6.96. The highest BCUT2D eigenvalue weighted by molar-refractivity contribution is 7.87. The molecule has 0 saturated heterocycles. The SMILES string of the molecule is O=C(O)CCCNS(=O)(=O)NC1CCCC1. The van der Waals surface area contributed by atoms with Gasteiger partial charge in [0.2, 0.25) is 0 Å². The Bertz CT molecular complexity index is 322. The van der Waals surface area contributed by atoms with E-state index in [4.69, 9.17) is 5.11 Å². The number of nitrogens with one attached hydrogen (secondary N) is 2. The van der Waals surface area contributed by atoms with E-state index in [9.17, 15) is 13.2 Å². The Kier molecular flexibility index (Phi) is 5.17. The minimum Gasteiger partial charge on any atom is -0.481 e. The van der Waals surface area contributed by atoms with Crippen LogP contribution in [0.15, 0.2) is 0 Å². The number of hydrogen-bond donors (Lipinski definition) is 3. The number of carbonyl (C=O) groups is 1. The molecule has 0 unspecified atom stereocenters. The molecule has 6 nitrogen and oxygen atoms in total. The lowest BCUT2D eigenvalue weighted by atomic mass is 10.3. The number of hydrogen-bond acceptors (Lipinski definition) is 3. The van der Waals surface area contributed by atoms with Gasteiger partial charge in [-0.3, -0.25) is 4.79 Å². The van der Waals surface area contributed by atoms with Crippen molar-refractivity contribution < 1.29 is 18.3 Å². The van der Waals surface area contributed by atoms with Crippen molar-refractivity contribution in [3.05, 3.63) is 0 Å². The molecule has 0 aliphatic heterocycles. The van der Waals surface area contributed by atoms with Gasteiger partial charge in [-0.05, 0) is 19.3 Å². The Labute approximate surface area is 95.6 Å². The smallest absolute Gasteiger partial charge is 0.303 e. The van der Waals surface area contributed by atoms with Crippen LogP contribution in [0.2, 0.25) is 0 Å². The highest BCUT2D eigenvalue weighted by Crippen LogP contribution is 2.17. The van der Waals surface area contributed by atoms with Gasteiger partial charge < -0.3 is 5.11 Å². The van der Waals surface area contributed by atoms with Gasteiger partial charge in [0.25, 0.3) is 10.2 Å². The van der Waals surface area contributed by atoms with Gasteiger partial charge in [0.05, 0.1) is 0 Å². The zero-order chi connectivity index (χ0) is 12.0. The van der Waals surface area contributed by atoms with Crippen LogP contribution in [-0.2, 0) is 15.0 Å². The van der Waals surface area contributed by atoms with E-state index in [1.165, 1.54) is 0 Å². The molecule has 1 rings (SSSR count). The fourth-order valence-electron chi connectivity index (χ4n) is 1.75. The van der Waals surface area contributed by atoms with Crippen LogP contribution >= 0.6 is 0 Å². The molecular formula is C9H18N2O4S. The highest BCUT2D eigenvalue weighted by atomic mass is 32.2. The molecule has 3 N–H and O–H groups in total. The van der Waals surface area contributed by atoms with Crippen molar-refractivity contribution in [2.75, 3.05) is 6.54 Å². The van der Waals surface area contributed by atoms with Crippen LogP contribution < -0.4 is 9.44 Å². The molecule has 0 aromatic carbocycles. The van der Waals surface area contributed by atoms with Gasteiger partial charge in [0.1, 0.15) is 0 Å². The van der Waals surface area contributed by atoms with Gasteiger partial charge in [-0.25, -0.2) is 4.72 Å².